The van der Waals surface area contributed by atoms with E-state index in [4.69, 9.17) is 0 Å². The van der Waals surface area contributed by atoms with Gasteiger partial charge in [-0.25, -0.2) is 13.1 Å². The Hall–Kier alpha value is -2.47. The van der Waals surface area contributed by atoms with Gasteiger partial charge < -0.3 is 9.80 Å². The van der Waals surface area contributed by atoms with Crippen LogP contribution in [0.5, 0.6) is 0 Å². The molecule has 12 heteroatoms. The van der Waals surface area contributed by atoms with E-state index < -0.39 is 21.8 Å². The van der Waals surface area contributed by atoms with E-state index in [1.165, 1.54) is 0 Å². The third-order valence-electron chi connectivity index (χ3n) is 4.61. The van der Waals surface area contributed by atoms with E-state index in [2.05, 4.69) is 19.7 Å². The first kappa shape index (κ1) is 22.2. The Labute approximate surface area is 173 Å². The van der Waals surface area contributed by atoms with Gasteiger partial charge in [0.15, 0.2) is 5.82 Å². The van der Waals surface area contributed by atoms with E-state index in [-0.39, 0.29) is 17.3 Å². The van der Waals surface area contributed by atoms with E-state index in [0.29, 0.717) is 11.9 Å². The zero-order chi connectivity index (χ0) is 21.9. The lowest BCUT2D eigenvalue weighted by atomic mass is 10.1. The summed E-state index contributed by atoms with van der Waals surface area (Å²) in [5.74, 6) is 1.11. The van der Waals surface area contributed by atoms with Gasteiger partial charge in [0.1, 0.15) is 0 Å². The molecule has 0 unspecified atom stereocenters. The average Bonchev–Trinajstić information content (AvgIpc) is 2.72. The van der Waals surface area contributed by atoms with Crippen molar-refractivity contribution in [2.24, 2.45) is 0 Å². The monoisotopic (exact) mass is 444 g/mol. The second-order valence-corrected chi connectivity index (χ2v) is 8.91. The van der Waals surface area contributed by atoms with E-state index in [1.54, 1.807) is 19.0 Å². The van der Waals surface area contributed by atoms with Crippen LogP contribution in [-0.2, 0) is 22.7 Å². The molecule has 1 aromatic heterocycles. The Morgan fingerprint density at radius 3 is 2.23 bits per heavy atom. The maximum atomic E-state index is 12.7. The number of hydrogen-bond acceptors (Lipinski definition) is 7. The molecule has 1 fully saturated rings. The van der Waals surface area contributed by atoms with Gasteiger partial charge >= 0.3 is 6.18 Å². The molecule has 164 valence electrons. The molecule has 1 aliphatic heterocycles. The molecular formula is C18H23F3N6O2S. The fourth-order valence-corrected chi connectivity index (χ4v) is 3.96. The fourth-order valence-electron chi connectivity index (χ4n) is 2.98. The molecule has 1 aliphatic rings. The van der Waals surface area contributed by atoms with Crippen molar-refractivity contribution in [3.63, 3.8) is 0 Å². The summed E-state index contributed by atoms with van der Waals surface area (Å²) in [6.07, 6.45) is -1.34. The van der Waals surface area contributed by atoms with E-state index in [1.807, 2.05) is 4.90 Å². The van der Waals surface area contributed by atoms with Crippen LogP contribution in [0.15, 0.2) is 29.2 Å². The van der Waals surface area contributed by atoms with Gasteiger partial charge in [0.25, 0.3) is 0 Å². The van der Waals surface area contributed by atoms with Gasteiger partial charge in [0.2, 0.25) is 21.9 Å². The molecule has 3 rings (SSSR count). The number of sulfonamides is 1. The highest BCUT2D eigenvalue weighted by atomic mass is 32.2. The van der Waals surface area contributed by atoms with Gasteiger partial charge in [-0.1, -0.05) is 0 Å². The van der Waals surface area contributed by atoms with Crippen LogP contribution in [0.3, 0.4) is 0 Å². The summed E-state index contributed by atoms with van der Waals surface area (Å²) >= 11 is 0. The standard InChI is InChI=1S/C18H23F3N6O2S/c1-26(2)16-23-15(24-17(25-16)27-10-4-3-5-11-27)12-22-30(28,29)14-8-6-13(7-9-14)18(19,20)21/h6-9,22H,3-5,10-12H2,1-2H3. The molecule has 1 aromatic carbocycles. The van der Waals surface area contributed by atoms with Crippen molar-refractivity contribution >= 4 is 21.9 Å². The zero-order valence-electron chi connectivity index (χ0n) is 16.6. The van der Waals surface area contributed by atoms with Crippen LogP contribution in [0.1, 0.15) is 30.7 Å². The summed E-state index contributed by atoms with van der Waals surface area (Å²) in [5.41, 5.74) is -0.916. The number of nitrogens with zero attached hydrogens (tertiary/aromatic N) is 5. The van der Waals surface area contributed by atoms with Gasteiger partial charge in [-0.15, -0.1) is 0 Å². The van der Waals surface area contributed by atoms with Crippen molar-refractivity contribution in [2.75, 3.05) is 37.0 Å². The highest BCUT2D eigenvalue weighted by Gasteiger charge is 2.30. The third-order valence-corrected chi connectivity index (χ3v) is 6.03. The minimum Gasteiger partial charge on any atom is -0.347 e. The van der Waals surface area contributed by atoms with Crippen LogP contribution in [0, 0.1) is 0 Å². The van der Waals surface area contributed by atoms with Gasteiger partial charge in [-0.3, -0.25) is 0 Å². The van der Waals surface area contributed by atoms with Gasteiger partial charge in [0, 0.05) is 27.2 Å². The summed E-state index contributed by atoms with van der Waals surface area (Å²) in [6.45, 7) is 1.41. The number of anilines is 2. The van der Waals surface area contributed by atoms with Crippen molar-refractivity contribution in [3.8, 4) is 0 Å². The Morgan fingerprint density at radius 2 is 1.67 bits per heavy atom. The molecular weight excluding hydrogens is 421 g/mol. The minimum absolute atomic E-state index is 0.215. The highest BCUT2D eigenvalue weighted by molar-refractivity contribution is 7.89. The SMILES string of the molecule is CN(C)c1nc(CNS(=O)(=O)c2ccc(C(F)(F)F)cc2)nc(N2CCCCC2)n1. The molecule has 0 spiro atoms. The summed E-state index contributed by atoms with van der Waals surface area (Å²) in [5, 5.41) is 0. The zero-order valence-corrected chi connectivity index (χ0v) is 17.5. The van der Waals surface area contributed by atoms with Crippen molar-refractivity contribution in [1.29, 1.82) is 0 Å². The number of hydrogen-bond donors (Lipinski definition) is 1. The minimum atomic E-state index is -4.53. The van der Waals surface area contributed by atoms with E-state index in [9.17, 15) is 21.6 Å². The number of piperidine rings is 1. The molecule has 0 radical (unpaired) electrons. The largest absolute Gasteiger partial charge is 0.416 e. The molecule has 30 heavy (non-hydrogen) atoms. The van der Waals surface area contributed by atoms with Gasteiger partial charge in [-0.2, -0.15) is 28.1 Å². The molecule has 0 bridgehead atoms. The highest BCUT2D eigenvalue weighted by Crippen LogP contribution is 2.29. The smallest absolute Gasteiger partial charge is 0.347 e. The van der Waals surface area contributed by atoms with Crippen molar-refractivity contribution < 1.29 is 21.6 Å². The number of alkyl halides is 3. The first-order valence-electron chi connectivity index (χ1n) is 9.40. The first-order chi connectivity index (χ1) is 14.1. The van der Waals surface area contributed by atoms with E-state index >= 15 is 0 Å². The van der Waals surface area contributed by atoms with E-state index in [0.717, 1.165) is 56.6 Å². The molecule has 0 atom stereocenters. The number of halogens is 3. The molecule has 0 saturated carbocycles. The quantitative estimate of drug-likeness (QED) is 0.732. The predicted molar refractivity (Wildman–Crippen MR) is 106 cm³/mol. The van der Waals surface area contributed by atoms with Crippen LogP contribution in [-0.4, -0.2) is 50.6 Å². The van der Waals surface area contributed by atoms with Gasteiger partial charge in [-0.05, 0) is 43.5 Å². The molecule has 2 aromatic rings. The first-order valence-corrected chi connectivity index (χ1v) is 10.9. The molecule has 2 heterocycles. The maximum absolute atomic E-state index is 12.7. The third kappa shape index (κ3) is 5.36. The number of aromatic nitrogens is 3. The van der Waals surface area contributed by atoms with Crippen molar-refractivity contribution in [2.45, 2.75) is 36.9 Å². The normalized spacial score (nSPS) is 15.3. The summed E-state index contributed by atoms with van der Waals surface area (Å²) in [7, 11) is -0.498. The second kappa shape index (κ2) is 8.72. The fraction of sp³-hybridized carbons (Fsp3) is 0.500. The summed E-state index contributed by atoms with van der Waals surface area (Å²) in [6, 6.07) is 3.30. The predicted octanol–water partition coefficient (Wildman–Crippen LogP) is 2.43. The molecule has 1 N–H and O–H groups in total. The average molecular weight is 444 g/mol. The van der Waals surface area contributed by atoms with Crippen LogP contribution in [0.25, 0.3) is 0 Å². The topological polar surface area (TPSA) is 91.3 Å². The lowest BCUT2D eigenvalue weighted by Crippen LogP contribution is -2.33. The molecule has 0 aliphatic carbocycles. The number of benzene rings is 1. The second-order valence-electron chi connectivity index (χ2n) is 7.14. The molecule has 8 nitrogen and oxygen atoms in total. The van der Waals surface area contributed by atoms with Crippen LogP contribution < -0.4 is 14.5 Å². The Balaban J connectivity index is 1.79. The number of rotatable bonds is 6. The maximum Gasteiger partial charge on any atom is 0.416 e. The number of nitrogens with one attached hydrogen (secondary N) is 1. The summed E-state index contributed by atoms with van der Waals surface area (Å²) < 4.78 is 65.4. The Kier molecular flexibility index (Phi) is 6.46. The van der Waals surface area contributed by atoms with Gasteiger partial charge in [0.05, 0.1) is 17.0 Å². The molecule has 0 amide bonds. The van der Waals surface area contributed by atoms with Crippen LogP contribution in [0.2, 0.25) is 0 Å². The van der Waals surface area contributed by atoms with Crippen molar-refractivity contribution in [3.05, 3.63) is 35.7 Å². The lowest BCUT2D eigenvalue weighted by molar-refractivity contribution is -0.137. The van der Waals surface area contributed by atoms with Crippen LogP contribution >= 0.6 is 0 Å². The van der Waals surface area contributed by atoms with Crippen LogP contribution in [0.4, 0.5) is 25.1 Å². The lowest BCUT2D eigenvalue weighted by Gasteiger charge is -2.27. The molecule has 1 saturated heterocycles. The van der Waals surface area contributed by atoms with Crippen molar-refractivity contribution in [1.82, 2.24) is 19.7 Å². The Bertz CT molecular complexity index is 974. The summed E-state index contributed by atoms with van der Waals surface area (Å²) in [4.78, 5) is 16.6. The Morgan fingerprint density at radius 1 is 1.03 bits per heavy atom.